The zero-order valence-corrected chi connectivity index (χ0v) is 12.0. The molecule has 1 aromatic heterocycles. The molecule has 6 heteroatoms. The molecule has 2 aromatic rings. The summed E-state index contributed by atoms with van der Waals surface area (Å²) in [6.07, 6.45) is -0.535. The van der Waals surface area contributed by atoms with Crippen molar-refractivity contribution < 1.29 is 13.2 Å². The molecule has 0 bridgehead atoms. The van der Waals surface area contributed by atoms with E-state index in [1.165, 1.54) is 12.1 Å². The van der Waals surface area contributed by atoms with Crippen LogP contribution in [0.5, 0.6) is 0 Å². The average molecular weight is 307 g/mol. The molecule has 3 rings (SSSR count). The summed E-state index contributed by atoms with van der Waals surface area (Å²) >= 11 is 0. The number of nitrogens with zero attached hydrogens (tertiary/aromatic N) is 1. The van der Waals surface area contributed by atoms with Gasteiger partial charge in [0.25, 0.3) is 0 Å². The molecule has 22 heavy (non-hydrogen) atoms. The Labute approximate surface area is 126 Å². The molecule has 0 atom stereocenters. The van der Waals surface area contributed by atoms with Crippen molar-refractivity contribution in [2.24, 2.45) is 0 Å². The smallest absolute Gasteiger partial charge is 0.249 e. The number of nitrogens with two attached hydrogens (primary N) is 2. The molecular formula is C16H16F3N3. The van der Waals surface area contributed by atoms with Crippen LogP contribution in [0.3, 0.4) is 0 Å². The van der Waals surface area contributed by atoms with Crippen molar-refractivity contribution in [3.8, 4) is 11.3 Å². The topological polar surface area (TPSA) is 64.9 Å². The quantitative estimate of drug-likeness (QED) is 0.888. The molecule has 1 heterocycles. The number of hydrogen-bond acceptors (Lipinski definition) is 3. The molecule has 3 nitrogen and oxygen atoms in total. The van der Waals surface area contributed by atoms with Gasteiger partial charge >= 0.3 is 0 Å². The first-order valence-electron chi connectivity index (χ1n) is 6.90. The van der Waals surface area contributed by atoms with Crippen LogP contribution < -0.4 is 11.5 Å². The highest BCUT2D eigenvalue weighted by Gasteiger charge is 2.55. The van der Waals surface area contributed by atoms with Gasteiger partial charge in [0.05, 0.1) is 11.4 Å². The summed E-state index contributed by atoms with van der Waals surface area (Å²) in [4.78, 5) is 4.18. The van der Waals surface area contributed by atoms with Crippen LogP contribution >= 0.6 is 0 Å². The van der Waals surface area contributed by atoms with Crippen molar-refractivity contribution >= 4 is 11.5 Å². The second kappa shape index (κ2) is 4.63. The van der Waals surface area contributed by atoms with E-state index < -0.39 is 11.3 Å². The van der Waals surface area contributed by atoms with Gasteiger partial charge in [-0.2, -0.15) is 0 Å². The van der Waals surface area contributed by atoms with E-state index in [2.05, 4.69) is 4.98 Å². The molecule has 1 aromatic carbocycles. The molecule has 1 fully saturated rings. The monoisotopic (exact) mass is 307 g/mol. The largest absolute Gasteiger partial charge is 0.396 e. The number of halogens is 3. The van der Waals surface area contributed by atoms with Gasteiger partial charge in [-0.25, -0.2) is 18.2 Å². The number of alkyl halides is 2. The van der Waals surface area contributed by atoms with Crippen LogP contribution in [0.15, 0.2) is 30.3 Å². The van der Waals surface area contributed by atoms with Gasteiger partial charge in [0.2, 0.25) is 5.92 Å². The summed E-state index contributed by atoms with van der Waals surface area (Å²) in [6.45, 7) is 1.74. The first kappa shape index (κ1) is 14.7. The maximum atomic E-state index is 13.3. The van der Waals surface area contributed by atoms with Crippen LogP contribution in [-0.2, 0) is 5.41 Å². The molecule has 0 spiro atoms. The summed E-state index contributed by atoms with van der Waals surface area (Å²) < 4.78 is 39.6. The predicted octanol–water partition coefficient (Wildman–Crippen LogP) is 3.74. The molecule has 0 unspecified atom stereocenters. The third-order valence-corrected chi connectivity index (χ3v) is 4.18. The highest BCUT2D eigenvalue weighted by molar-refractivity contribution is 5.73. The van der Waals surface area contributed by atoms with Crippen LogP contribution in [0.2, 0.25) is 0 Å². The molecule has 0 amide bonds. The van der Waals surface area contributed by atoms with Gasteiger partial charge in [0.1, 0.15) is 11.6 Å². The molecule has 1 aliphatic carbocycles. The summed E-state index contributed by atoms with van der Waals surface area (Å²) in [7, 11) is 0. The van der Waals surface area contributed by atoms with E-state index in [1.807, 2.05) is 0 Å². The number of nitrogen functional groups attached to an aromatic ring is 2. The van der Waals surface area contributed by atoms with Crippen molar-refractivity contribution in [2.75, 3.05) is 11.5 Å². The van der Waals surface area contributed by atoms with Gasteiger partial charge < -0.3 is 11.5 Å². The van der Waals surface area contributed by atoms with Crippen molar-refractivity contribution in [3.63, 3.8) is 0 Å². The van der Waals surface area contributed by atoms with Gasteiger partial charge in [-0.3, -0.25) is 0 Å². The molecule has 4 N–H and O–H groups in total. The van der Waals surface area contributed by atoms with Gasteiger partial charge in [0, 0.05) is 23.8 Å². The fourth-order valence-electron chi connectivity index (χ4n) is 3.12. The normalized spacial score (nSPS) is 18.7. The highest BCUT2D eigenvalue weighted by Crippen LogP contribution is 2.55. The summed E-state index contributed by atoms with van der Waals surface area (Å²) in [6, 6.07) is 7.42. The Bertz CT molecular complexity index is 718. The highest BCUT2D eigenvalue weighted by atomic mass is 19.3. The van der Waals surface area contributed by atoms with Crippen LogP contribution in [0, 0.1) is 5.82 Å². The number of benzene rings is 1. The second-order valence-corrected chi connectivity index (χ2v) is 6.13. The zero-order valence-electron chi connectivity index (χ0n) is 12.0. The molecule has 1 aliphatic rings. The summed E-state index contributed by atoms with van der Waals surface area (Å²) in [5.41, 5.74) is 13.0. The molecule has 0 saturated heterocycles. The van der Waals surface area contributed by atoms with Crippen molar-refractivity contribution in [2.45, 2.75) is 31.1 Å². The van der Waals surface area contributed by atoms with E-state index in [1.54, 1.807) is 25.1 Å². The number of rotatable bonds is 2. The maximum absolute atomic E-state index is 13.3. The van der Waals surface area contributed by atoms with Crippen molar-refractivity contribution in [1.82, 2.24) is 4.98 Å². The van der Waals surface area contributed by atoms with E-state index in [-0.39, 0.29) is 30.2 Å². The number of aromatic nitrogens is 1. The fraction of sp³-hybridized carbons (Fsp3) is 0.312. The van der Waals surface area contributed by atoms with E-state index in [4.69, 9.17) is 11.5 Å². The molecule has 0 aliphatic heterocycles. The first-order chi connectivity index (χ1) is 10.2. The molecule has 116 valence electrons. The lowest BCUT2D eigenvalue weighted by Gasteiger charge is -2.45. The lowest BCUT2D eigenvalue weighted by atomic mass is 9.63. The van der Waals surface area contributed by atoms with Gasteiger partial charge in [-0.1, -0.05) is 6.92 Å². The van der Waals surface area contributed by atoms with Crippen LogP contribution in [0.25, 0.3) is 11.3 Å². The minimum atomic E-state index is -2.67. The molecule has 1 saturated carbocycles. The molecule has 0 radical (unpaired) electrons. The van der Waals surface area contributed by atoms with Crippen LogP contribution in [0.1, 0.15) is 25.3 Å². The Morgan fingerprint density at radius 3 is 2.23 bits per heavy atom. The lowest BCUT2D eigenvalue weighted by Crippen LogP contribution is -2.47. The van der Waals surface area contributed by atoms with Crippen molar-refractivity contribution in [1.29, 1.82) is 0 Å². The van der Waals surface area contributed by atoms with E-state index in [0.29, 0.717) is 16.8 Å². The number of anilines is 2. The van der Waals surface area contributed by atoms with Gasteiger partial charge in [-0.05, 0) is 35.9 Å². The minimum absolute atomic E-state index is 0.105. The standard InChI is InChI=1S/C16H16F3N3/c1-15(7-16(18,19)8-15)11-6-12(22-14(21)13(11)20)9-2-4-10(17)5-3-9/h2-6H,7-8,20H2,1H3,(H2,21,22). The Kier molecular flexibility index (Phi) is 3.09. The average Bonchev–Trinajstić information content (AvgIpc) is 2.40. The van der Waals surface area contributed by atoms with Gasteiger partial charge in [0.15, 0.2) is 0 Å². The fourth-order valence-corrected chi connectivity index (χ4v) is 3.12. The Morgan fingerprint density at radius 2 is 1.68 bits per heavy atom. The second-order valence-electron chi connectivity index (χ2n) is 6.13. The van der Waals surface area contributed by atoms with E-state index in [9.17, 15) is 13.2 Å². The van der Waals surface area contributed by atoms with Crippen LogP contribution in [-0.4, -0.2) is 10.9 Å². The lowest BCUT2D eigenvalue weighted by molar-refractivity contribution is -0.120. The van der Waals surface area contributed by atoms with E-state index >= 15 is 0 Å². The van der Waals surface area contributed by atoms with Crippen LogP contribution in [0.4, 0.5) is 24.7 Å². The number of pyridine rings is 1. The minimum Gasteiger partial charge on any atom is -0.396 e. The van der Waals surface area contributed by atoms with E-state index in [0.717, 1.165) is 0 Å². The van der Waals surface area contributed by atoms with Gasteiger partial charge in [-0.15, -0.1) is 0 Å². The third kappa shape index (κ3) is 2.38. The predicted molar refractivity (Wildman–Crippen MR) is 80.0 cm³/mol. The first-order valence-corrected chi connectivity index (χ1v) is 6.90. The maximum Gasteiger partial charge on any atom is 0.249 e. The Morgan fingerprint density at radius 1 is 1.09 bits per heavy atom. The SMILES string of the molecule is CC1(c2cc(-c3ccc(F)cc3)nc(N)c2N)CC(F)(F)C1. The zero-order chi connectivity index (χ0) is 16.1. The summed E-state index contributed by atoms with van der Waals surface area (Å²) in [5.74, 6) is -2.93. The Hall–Kier alpha value is -2.24. The third-order valence-electron chi connectivity index (χ3n) is 4.18. The number of hydrogen-bond donors (Lipinski definition) is 2. The van der Waals surface area contributed by atoms with Crippen molar-refractivity contribution in [3.05, 3.63) is 41.7 Å². The summed E-state index contributed by atoms with van der Waals surface area (Å²) in [5, 5.41) is 0. The molecular weight excluding hydrogens is 291 g/mol. The Balaban J connectivity index is 2.06.